The molecule has 4 aromatic rings. The Labute approximate surface area is 175 Å². The van der Waals surface area contributed by atoms with Gasteiger partial charge in [-0.05, 0) is 43.2 Å². The molecule has 30 heavy (non-hydrogen) atoms. The third-order valence-corrected chi connectivity index (χ3v) is 5.32. The topological polar surface area (TPSA) is 102 Å². The normalized spacial score (nSPS) is 11.3. The second kappa shape index (κ2) is 7.88. The Hall–Kier alpha value is -3.85. The minimum Gasteiger partial charge on any atom is -0.290 e. The van der Waals surface area contributed by atoms with Crippen LogP contribution in [-0.4, -0.2) is 25.4 Å². The molecule has 0 unspecified atom stereocenters. The van der Waals surface area contributed by atoms with Crippen LogP contribution in [0.2, 0.25) is 0 Å². The van der Waals surface area contributed by atoms with Crippen molar-refractivity contribution in [2.24, 2.45) is 0 Å². The van der Waals surface area contributed by atoms with Gasteiger partial charge in [-0.1, -0.05) is 23.8 Å². The van der Waals surface area contributed by atoms with Gasteiger partial charge in [-0.15, -0.1) is 16.4 Å². The fraction of sp³-hybridized carbons (Fsp3) is 0.0952. The minimum atomic E-state index is -0.470. The number of amides is 1. The molecule has 2 aromatic heterocycles. The van der Waals surface area contributed by atoms with E-state index in [0.29, 0.717) is 10.5 Å². The van der Waals surface area contributed by atoms with E-state index in [4.69, 9.17) is 0 Å². The highest BCUT2D eigenvalue weighted by Crippen LogP contribution is 2.28. The molecule has 0 radical (unpaired) electrons. The van der Waals surface area contributed by atoms with Crippen molar-refractivity contribution in [1.29, 1.82) is 0 Å². The highest BCUT2D eigenvalue weighted by Gasteiger charge is 2.14. The van der Waals surface area contributed by atoms with Crippen LogP contribution < -0.4 is 5.32 Å². The van der Waals surface area contributed by atoms with Gasteiger partial charge in [-0.3, -0.25) is 20.2 Å². The van der Waals surface area contributed by atoms with Gasteiger partial charge in [-0.2, -0.15) is 4.98 Å². The lowest BCUT2D eigenvalue weighted by Crippen LogP contribution is -2.09. The lowest BCUT2D eigenvalue weighted by Gasteiger charge is -2.05. The number of hydrogen-bond acceptors (Lipinski definition) is 6. The first-order valence-electron chi connectivity index (χ1n) is 9.06. The number of nitrogens with one attached hydrogen (secondary N) is 1. The molecule has 2 heterocycles. The Bertz CT molecular complexity index is 1290. The molecule has 2 aromatic carbocycles. The number of nitrogens with zero attached hydrogens (tertiary/aromatic N) is 4. The minimum absolute atomic E-state index is 0.00139. The predicted octanol–water partition coefficient (Wildman–Crippen LogP) is 4.63. The van der Waals surface area contributed by atoms with Crippen LogP contribution in [0.3, 0.4) is 0 Å². The van der Waals surface area contributed by atoms with Gasteiger partial charge < -0.3 is 0 Å². The van der Waals surface area contributed by atoms with Crippen LogP contribution >= 0.6 is 11.3 Å². The predicted molar refractivity (Wildman–Crippen MR) is 117 cm³/mol. The standard InChI is InChI=1S/C21H17N5O3S/c1-13-3-9-17(14(2)11-13)18-12-30-21-23-20(24-25(18)21)22-19(27)10-6-15-4-7-16(8-5-15)26(28)29/h3-12H,1-2H3,(H,22,24,27)/b10-6+. The molecule has 1 N–H and O–H groups in total. The molecule has 150 valence electrons. The first-order chi connectivity index (χ1) is 14.4. The number of hydrogen-bond donors (Lipinski definition) is 1. The fourth-order valence-corrected chi connectivity index (χ4v) is 3.87. The SMILES string of the molecule is Cc1ccc(-c2csc3nc(NC(=O)/C=C/c4ccc([N+](=O)[O-])cc4)nn23)c(C)c1. The largest absolute Gasteiger partial charge is 0.290 e. The van der Waals surface area contributed by atoms with Crippen molar-refractivity contribution in [2.45, 2.75) is 13.8 Å². The lowest BCUT2D eigenvalue weighted by molar-refractivity contribution is -0.384. The Morgan fingerprint density at radius 3 is 2.67 bits per heavy atom. The van der Waals surface area contributed by atoms with Gasteiger partial charge in [-0.25, -0.2) is 4.52 Å². The summed E-state index contributed by atoms with van der Waals surface area (Å²) in [6.45, 7) is 4.10. The third kappa shape index (κ3) is 3.96. The second-order valence-electron chi connectivity index (χ2n) is 6.74. The van der Waals surface area contributed by atoms with Gasteiger partial charge >= 0.3 is 0 Å². The molecule has 4 rings (SSSR count). The number of nitro groups is 1. The Morgan fingerprint density at radius 2 is 1.97 bits per heavy atom. The maximum absolute atomic E-state index is 12.2. The van der Waals surface area contributed by atoms with Crippen LogP contribution in [0.4, 0.5) is 11.6 Å². The maximum Gasteiger partial charge on any atom is 0.269 e. The summed E-state index contributed by atoms with van der Waals surface area (Å²) in [5.41, 5.74) is 4.98. The first kappa shape index (κ1) is 19.5. The average molecular weight is 419 g/mol. The molecule has 8 nitrogen and oxygen atoms in total. The quantitative estimate of drug-likeness (QED) is 0.288. The van der Waals surface area contributed by atoms with E-state index in [1.807, 2.05) is 12.3 Å². The van der Waals surface area contributed by atoms with Crippen LogP contribution in [0.15, 0.2) is 53.9 Å². The average Bonchev–Trinajstić information content (AvgIpc) is 3.27. The van der Waals surface area contributed by atoms with Gasteiger partial charge in [0.2, 0.25) is 4.96 Å². The zero-order chi connectivity index (χ0) is 21.3. The van der Waals surface area contributed by atoms with E-state index in [0.717, 1.165) is 16.8 Å². The van der Waals surface area contributed by atoms with Crippen LogP contribution in [0.25, 0.3) is 22.3 Å². The zero-order valence-electron chi connectivity index (χ0n) is 16.2. The molecule has 0 atom stereocenters. The number of non-ortho nitro benzene ring substituents is 1. The molecule has 1 amide bonds. The van der Waals surface area contributed by atoms with E-state index in [-0.39, 0.29) is 17.5 Å². The van der Waals surface area contributed by atoms with Crippen molar-refractivity contribution in [1.82, 2.24) is 14.6 Å². The van der Waals surface area contributed by atoms with E-state index >= 15 is 0 Å². The van der Waals surface area contributed by atoms with E-state index in [1.165, 1.54) is 35.1 Å². The molecular weight excluding hydrogens is 402 g/mol. The molecule has 0 bridgehead atoms. The second-order valence-corrected chi connectivity index (χ2v) is 7.58. The Kier molecular flexibility index (Phi) is 5.11. The number of nitro benzene ring substituents is 1. The molecule has 0 saturated carbocycles. The van der Waals surface area contributed by atoms with Gasteiger partial charge in [0.1, 0.15) is 0 Å². The summed E-state index contributed by atoms with van der Waals surface area (Å²) in [7, 11) is 0. The number of carbonyl (C=O) groups excluding carboxylic acids is 1. The molecule has 0 fully saturated rings. The first-order valence-corrected chi connectivity index (χ1v) is 9.94. The Morgan fingerprint density at radius 1 is 1.20 bits per heavy atom. The smallest absolute Gasteiger partial charge is 0.269 e. The van der Waals surface area contributed by atoms with E-state index < -0.39 is 4.92 Å². The summed E-state index contributed by atoms with van der Waals surface area (Å²) in [4.78, 5) is 27.5. The van der Waals surface area contributed by atoms with Gasteiger partial charge in [0.25, 0.3) is 17.5 Å². The fourth-order valence-electron chi connectivity index (χ4n) is 3.05. The molecule has 0 aliphatic rings. The van der Waals surface area contributed by atoms with E-state index in [2.05, 4.69) is 40.5 Å². The van der Waals surface area contributed by atoms with Crippen LogP contribution in [0.5, 0.6) is 0 Å². The number of benzene rings is 2. The summed E-state index contributed by atoms with van der Waals surface area (Å²) >= 11 is 1.45. The number of aryl methyl sites for hydroxylation is 2. The molecular formula is C21H17N5O3S. The number of fused-ring (bicyclic) bond motifs is 1. The summed E-state index contributed by atoms with van der Waals surface area (Å²) in [5.74, 6) is -0.175. The molecule has 0 aliphatic heterocycles. The number of aromatic nitrogens is 3. The van der Waals surface area contributed by atoms with Crippen molar-refractivity contribution in [2.75, 3.05) is 5.32 Å². The van der Waals surface area contributed by atoms with E-state index in [1.54, 1.807) is 22.7 Å². The van der Waals surface area contributed by atoms with Gasteiger partial charge in [0, 0.05) is 29.2 Å². The number of anilines is 1. The highest BCUT2D eigenvalue weighted by atomic mass is 32.1. The maximum atomic E-state index is 12.2. The summed E-state index contributed by atoms with van der Waals surface area (Å²) < 4.78 is 1.72. The van der Waals surface area contributed by atoms with Gasteiger partial charge in [0.15, 0.2) is 0 Å². The highest BCUT2D eigenvalue weighted by molar-refractivity contribution is 7.15. The molecule has 0 saturated heterocycles. The van der Waals surface area contributed by atoms with Crippen LogP contribution in [-0.2, 0) is 4.79 Å². The van der Waals surface area contributed by atoms with E-state index in [9.17, 15) is 14.9 Å². The van der Waals surface area contributed by atoms with Crippen molar-refractivity contribution < 1.29 is 9.72 Å². The van der Waals surface area contributed by atoms with Crippen molar-refractivity contribution in [3.8, 4) is 11.3 Å². The molecule has 0 spiro atoms. The van der Waals surface area contributed by atoms with Crippen LogP contribution in [0.1, 0.15) is 16.7 Å². The Balaban J connectivity index is 1.51. The van der Waals surface area contributed by atoms with Crippen molar-refractivity contribution >= 4 is 39.9 Å². The number of carbonyl (C=O) groups is 1. The number of rotatable bonds is 5. The van der Waals surface area contributed by atoms with Crippen molar-refractivity contribution in [3.63, 3.8) is 0 Å². The molecule has 0 aliphatic carbocycles. The summed E-state index contributed by atoms with van der Waals surface area (Å²) in [5, 5.41) is 19.7. The zero-order valence-corrected chi connectivity index (χ0v) is 17.0. The van der Waals surface area contributed by atoms with Crippen molar-refractivity contribution in [3.05, 3.63) is 80.7 Å². The third-order valence-electron chi connectivity index (χ3n) is 4.51. The molecule has 9 heteroatoms. The van der Waals surface area contributed by atoms with Gasteiger partial charge in [0.05, 0.1) is 10.6 Å². The summed E-state index contributed by atoms with van der Waals surface area (Å²) in [6, 6.07) is 12.1. The lowest BCUT2D eigenvalue weighted by atomic mass is 10.0. The monoisotopic (exact) mass is 419 g/mol. The number of thiazole rings is 1. The van der Waals surface area contributed by atoms with Crippen LogP contribution in [0, 0.1) is 24.0 Å². The summed E-state index contributed by atoms with van der Waals surface area (Å²) in [6.07, 6.45) is 2.90.